The molecule has 3 aromatic rings. The zero-order valence-corrected chi connectivity index (χ0v) is 16.4. The van der Waals surface area contributed by atoms with E-state index in [2.05, 4.69) is 15.2 Å². The van der Waals surface area contributed by atoms with Crippen LogP contribution in [0.25, 0.3) is 22.3 Å². The Balaban J connectivity index is 1.49. The Morgan fingerprint density at radius 3 is 2.76 bits per heavy atom. The maximum atomic E-state index is 10.4. The van der Waals surface area contributed by atoms with Crippen molar-refractivity contribution in [3.05, 3.63) is 42.0 Å². The average molecular weight is 388 g/mol. The molecule has 1 saturated heterocycles. The van der Waals surface area contributed by atoms with E-state index in [1.807, 2.05) is 30.3 Å². The molecule has 4 N–H and O–H groups in total. The Bertz CT molecular complexity index is 1120. The summed E-state index contributed by atoms with van der Waals surface area (Å²) in [4.78, 5) is 16.0. The van der Waals surface area contributed by atoms with Gasteiger partial charge in [0.2, 0.25) is 0 Å². The maximum absolute atomic E-state index is 10.4. The monoisotopic (exact) mass is 388 g/mol. The van der Waals surface area contributed by atoms with Gasteiger partial charge in [0.05, 0.1) is 16.7 Å². The summed E-state index contributed by atoms with van der Waals surface area (Å²) in [6.45, 7) is 2.97. The largest absolute Gasteiger partial charge is 0.507 e. The fraction of sp³-hybridized carbons (Fsp3) is 0.318. The number of hydrogen-bond donors (Lipinski definition) is 3. The molecule has 1 saturated carbocycles. The van der Waals surface area contributed by atoms with Crippen LogP contribution in [0.1, 0.15) is 18.4 Å². The highest BCUT2D eigenvalue weighted by atomic mass is 16.3. The van der Waals surface area contributed by atoms with Gasteiger partial charge in [0.1, 0.15) is 11.6 Å². The number of nitrogens with zero attached hydrogens (tertiary/aromatic N) is 4. The summed E-state index contributed by atoms with van der Waals surface area (Å²) in [5.74, 6) is 1.10. The van der Waals surface area contributed by atoms with E-state index in [9.17, 15) is 5.11 Å². The zero-order chi connectivity index (χ0) is 20.0. The molecule has 1 aliphatic carbocycles. The SMILES string of the molecule is CN=Cc1cc(-c2ccc3nc(N4CCNC5(CC5)C4)ccc3n2)c(O)cc1N. The first-order valence-corrected chi connectivity index (χ1v) is 9.90. The molecule has 2 aromatic heterocycles. The second-order valence-electron chi connectivity index (χ2n) is 7.92. The predicted molar refractivity (Wildman–Crippen MR) is 117 cm³/mol. The summed E-state index contributed by atoms with van der Waals surface area (Å²) >= 11 is 0. The Kier molecular flexibility index (Phi) is 4.13. The third-order valence-corrected chi connectivity index (χ3v) is 5.83. The van der Waals surface area contributed by atoms with Crippen molar-refractivity contribution in [3.8, 4) is 17.0 Å². The molecule has 29 heavy (non-hydrogen) atoms. The van der Waals surface area contributed by atoms with E-state index in [1.54, 1.807) is 13.3 Å². The van der Waals surface area contributed by atoms with Crippen LogP contribution < -0.4 is 16.0 Å². The summed E-state index contributed by atoms with van der Waals surface area (Å²) in [6.07, 6.45) is 4.17. The van der Waals surface area contributed by atoms with E-state index in [4.69, 9.17) is 15.7 Å². The lowest BCUT2D eigenvalue weighted by molar-refractivity contribution is 0.440. The van der Waals surface area contributed by atoms with E-state index in [-0.39, 0.29) is 5.75 Å². The van der Waals surface area contributed by atoms with Gasteiger partial charge in [-0.25, -0.2) is 9.97 Å². The minimum absolute atomic E-state index is 0.0998. The normalized spacial score (nSPS) is 18.0. The highest BCUT2D eigenvalue weighted by molar-refractivity contribution is 5.91. The maximum Gasteiger partial charge on any atom is 0.129 e. The number of fused-ring (bicyclic) bond motifs is 1. The van der Waals surface area contributed by atoms with Crippen molar-refractivity contribution in [3.63, 3.8) is 0 Å². The van der Waals surface area contributed by atoms with Crippen LogP contribution in [0.15, 0.2) is 41.4 Å². The van der Waals surface area contributed by atoms with Crippen LogP contribution in [0.5, 0.6) is 5.75 Å². The number of pyridine rings is 2. The van der Waals surface area contributed by atoms with Gasteiger partial charge in [-0.2, -0.15) is 0 Å². The molecule has 0 radical (unpaired) electrons. The number of nitrogen functional groups attached to an aromatic ring is 1. The van der Waals surface area contributed by atoms with Gasteiger partial charge in [-0.15, -0.1) is 0 Å². The topological polar surface area (TPSA) is 99.7 Å². The first-order chi connectivity index (χ1) is 14.1. The number of nitrogens with two attached hydrogens (primary N) is 1. The van der Waals surface area contributed by atoms with Crippen molar-refractivity contribution in [1.82, 2.24) is 15.3 Å². The van der Waals surface area contributed by atoms with E-state index in [0.717, 1.165) is 42.0 Å². The quantitative estimate of drug-likeness (QED) is 0.471. The van der Waals surface area contributed by atoms with Gasteiger partial charge in [0, 0.05) is 61.3 Å². The van der Waals surface area contributed by atoms with Crippen LogP contribution >= 0.6 is 0 Å². The van der Waals surface area contributed by atoms with Gasteiger partial charge in [-0.1, -0.05) is 0 Å². The van der Waals surface area contributed by atoms with Crippen molar-refractivity contribution < 1.29 is 5.11 Å². The lowest BCUT2D eigenvalue weighted by Crippen LogP contribution is -2.52. The number of piperazine rings is 1. The van der Waals surface area contributed by atoms with Crippen LogP contribution in [-0.2, 0) is 0 Å². The molecule has 7 heteroatoms. The number of nitrogens with one attached hydrogen (secondary N) is 1. The molecule has 148 valence electrons. The number of aromatic hydroxyl groups is 1. The van der Waals surface area contributed by atoms with Crippen molar-refractivity contribution in [1.29, 1.82) is 0 Å². The van der Waals surface area contributed by atoms with Crippen molar-refractivity contribution in [2.75, 3.05) is 37.3 Å². The molecule has 1 aliphatic heterocycles. The Morgan fingerprint density at radius 1 is 1.17 bits per heavy atom. The first-order valence-electron chi connectivity index (χ1n) is 9.90. The molecular weight excluding hydrogens is 364 g/mol. The number of phenolic OH excluding ortho intramolecular Hbond substituents is 1. The van der Waals surface area contributed by atoms with Gasteiger partial charge < -0.3 is 21.1 Å². The molecule has 2 fully saturated rings. The second kappa shape index (κ2) is 6.70. The minimum atomic E-state index is 0.0998. The number of aliphatic imine (C=N–C) groups is 1. The van der Waals surface area contributed by atoms with E-state index < -0.39 is 0 Å². The van der Waals surface area contributed by atoms with Gasteiger partial charge >= 0.3 is 0 Å². The van der Waals surface area contributed by atoms with Crippen LogP contribution in [0, 0.1) is 0 Å². The molecular formula is C22H24N6O. The number of rotatable bonds is 3. The third kappa shape index (κ3) is 3.27. The molecule has 0 atom stereocenters. The van der Waals surface area contributed by atoms with E-state index in [1.165, 1.54) is 18.9 Å². The standard InChI is InChI=1S/C22H24N6O/c1-24-12-14-10-15(20(29)11-16(14)23)17-2-3-19-18(26-17)4-5-21(27-19)28-9-8-25-22(13-28)6-7-22/h2-5,10-12,25,29H,6-9,13,23H2,1H3. The van der Waals surface area contributed by atoms with Crippen LogP contribution in [0.2, 0.25) is 0 Å². The van der Waals surface area contributed by atoms with Crippen LogP contribution in [0.4, 0.5) is 11.5 Å². The molecule has 0 unspecified atom stereocenters. The van der Waals surface area contributed by atoms with Crippen LogP contribution in [0.3, 0.4) is 0 Å². The predicted octanol–water partition coefficient (Wildman–Crippen LogP) is 2.58. The Morgan fingerprint density at radius 2 is 1.97 bits per heavy atom. The first kappa shape index (κ1) is 17.9. The van der Waals surface area contributed by atoms with Crippen LogP contribution in [-0.4, -0.2) is 53.5 Å². The van der Waals surface area contributed by atoms with Gasteiger partial charge in [-0.05, 0) is 43.2 Å². The number of benzene rings is 1. The highest BCUT2D eigenvalue weighted by Gasteiger charge is 2.45. The molecule has 0 bridgehead atoms. The van der Waals surface area contributed by atoms with Gasteiger partial charge in [0.15, 0.2) is 0 Å². The number of hydrogen-bond acceptors (Lipinski definition) is 7. The fourth-order valence-corrected chi connectivity index (χ4v) is 4.04. The highest BCUT2D eigenvalue weighted by Crippen LogP contribution is 2.38. The molecule has 0 amide bonds. The number of anilines is 2. The van der Waals surface area contributed by atoms with Gasteiger partial charge in [0.25, 0.3) is 0 Å². The summed E-state index contributed by atoms with van der Waals surface area (Å²) in [7, 11) is 1.69. The molecule has 7 nitrogen and oxygen atoms in total. The molecule has 1 aromatic carbocycles. The molecule has 3 heterocycles. The zero-order valence-electron chi connectivity index (χ0n) is 16.4. The van der Waals surface area contributed by atoms with Crippen molar-refractivity contribution >= 4 is 28.8 Å². The summed E-state index contributed by atoms with van der Waals surface area (Å²) in [5, 5.41) is 14.0. The van der Waals surface area contributed by atoms with Crippen molar-refractivity contribution in [2.45, 2.75) is 18.4 Å². The molecule has 2 aliphatic rings. The number of aromatic nitrogens is 2. The second-order valence-corrected chi connectivity index (χ2v) is 7.92. The summed E-state index contributed by atoms with van der Waals surface area (Å²) < 4.78 is 0. The van der Waals surface area contributed by atoms with E-state index in [0.29, 0.717) is 22.5 Å². The Labute approximate surface area is 169 Å². The third-order valence-electron chi connectivity index (χ3n) is 5.83. The minimum Gasteiger partial charge on any atom is -0.507 e. The van der Waals surface area contributed by atoms with E-state index >= 15 is 0 Å². The lowest BCUT2D eigenvalue weighted by atomic mass is 10.0. The molecule has 5 rings (SSSR count). The lowest BCUT2D eigenvalue weighted by Gasteiger charge is -2.34. The molecule has 1 spiro atoms. The smallest absolute Gasteiger partial charge is 0.129 e. The van der Waals surface area contributed by atoms with Crippen molar-refractivity contribution in [2.24, 2.45) is 4.99 Å². The summed E-state index contributed by atoms with van der Waals surface area (Å²) in [5.41, 5.74) is 10.4. The van der Waals surface area contributed by atoms with Gasteiger partial charge in [-0.3, -0.25) is 4.99 Å². The number of phenols is 1. The fourth-order valence-electron chi connectivity index (χ4n) is 4.04. The Hall–Kier alpha value is -3.19. The average Bonchev–Trinajstić information content (AvgIpc) is 3.47. The summed E-state index contributed by atoms with van der Waals surface area (Å²) in [6, 6.07) is 11.2.